The standard InChI is InChI=1S/C10H10F2O3/c11-7-3-4-9(8(12)6-7)15-5-1-2-10(13)14/h3-4,6H,1-2,5H2,(H,13,14)/p-1. The summed E-state index contributed by atoms with van der Waals surface area (Å²) < 4.78 is 30.3. The van der Waals surface area contributed by atoms with Gasteiger partial charge in [0.05, 0.1) is 6.61 Å². The second-order valence-corrected chi connectivity index (χ2v) is 2.90. The molecule has 0 saturated carbocycles. The van der Waals surface area contributed by atoms with Gasteiger partial charge in [-0.25, -0.2) is 8.78 Å². The van der Waals surface area contributed by atoms with E-state index in [4.69, 9.17) is 4.74 Å². The average molecular weight is 215 g/mol. The van der Waals surface area contributed by atoms with Gasteiger partial charge >= 0.3 is 0 Å². The molecular weight excluding hydrogens is 206 g/mol. The minimum absolute atomic E-state index is 0.0521. The van der Waals surface area contributed by atoms with Crippen LogP contribution in [0.3, 0.4) is 0 Å². The Morgan fingerprint density at radius 2 is 2.13 bits per heavy atom. The summed E-state index contributed by atoms with van der Waals surface area (Å²) in [5, 5.41) is 10.0. The Morgan fingerprint density at radius 3 is 2.73 bits per heavy atom. The molecule has 0 heterocycles. The predicted octanol–water partition coefficient (Wildman–Crippen LogP) is 0.874. The Labute approximate surface area is 85.3 Å². The van der Waals surface area contributed by atoms with E-state index >= 15 is 0 Å². The number of rotatable bonds is 5. The molecule has 1 aromatic carbocycles. The van der Waals surface area contributed by atoms with E-state index in [-0.39, 0.29) is 25.2 Å². The normalized spacial score (nSPS) is 10.0. The molecule has 0 atom stereocenters. The van der Waals surface area contributed by atoms with Crippen LogP contribution in [0.5, 0.6) is 5.75 Å². The summed E-state index contributed by atoms with van der Waals surface area (Å²) in [4.78, 5) is 10.0. The molecule has 0 amide bonds. The highest BCUT2D eigenvalue weighted by molar-refractivity contribution is 5.64. The van der Waals surface area contributed by atoms with E-state index in [1.165, 1.54) is 0 Å². The van der Waals surface area contributed by atoms with Crippen LogP contribution in [0.15, 0.2) is 18.2 Å². The molecule has 0 bridgehead atoms. The van der Waals surface area contributed by atoms with Crippen LogP contribution in [0, 0.1) is 11.6 Å². The van der Waals surface area contributed by atoms with E-state index in [0.717, 1.165) is 12.1 Å². The number of aliphatic carboxylic acids is 1. The molecule has 0 aliphatic heterocycles. The number of carbonyl (C=O) groups excluding carboxylic acids is 1. The minimum atomic E-state index is -1.18. The van der Waals surface area contributed by atoms with Crippen molar-refractivity contribution in [3.8, 4) is 5.75 Å². The van der Waals surface area contributed by atoms with Crippen molar-refractivity contribution in [3.05, 3.63) is 29.8 Å². The number of carboxylic acid groups (broad SMARTS) is 1. The van der Waals surface area contributed by atoms with Gasteiger partial charge in [0.25, 0.3) is 0 Å². The van der Waals surface area contributed by atoms with Crippen LogP contribution < -0.4 is 9.84 Å². The van der Waals surface area contributed by atoms with Crippen LogP contribution in [-0.4, -0.2) is 12.6 Å². The zero-order chi connectivity index (χ0) is 11.3. The number of hydrogen-bond acceptors (Lipinski definition) is 3. The zero-order valence-electron chi connectivity index (χ0n) is 7.83. The third kappa shape index (κ3) is 3.93. The summed E-state index contributed by atoms with van der Waals surface area (Å²) in [5.41, 5.74) is 0. The molecule has 0 aliphatic rings. The van der Waals surface area contributed by atoms with Gasteiger partial charge < -0.3 is 14.6 Å². The first-order valence-corrected chi connectivity index (χ1v) is 4.37. The molecule has 5 heteroatoms. The maximum atomic E-state index is 12.9. The summed E-state index contributed by atoms with van der Waals surface area (Å²) in [6, 6.07) is 2.93. The minimum Gasteiger partial charge on any atom is -0.550 e. The predicted molar refractivity (Wildman–Crippen MR) is 46.1 cm³/mol. The molecule has 0 N–H and O–H groups in total. The quantitative estimate of drug-likeness (QED) is 0.685. The van der Waals surface area contributed by atoms with E-state index in [0.29, 0.717) is 6.07 Å². The van der Waals surface area contributed by atoms with Gasteiger partial charge in [-0.05, 0) is 25.0 Å². The molecule has 0 radical (unpaired) electrons. The number of hydrogen-bond donors (Lipinski definition) is 0. The lowest BCUT2D eigenvalue weighted by Gasteiger charge is -2.07. The van der Waals surface area contributed by atoms with Gasteiger partial charge in [0, 0.05) is 12.0 Å². The van der Waals surface area contributed by atoms with Gasteiger partial charge in [-0.2, -0.15) is 0 Å². The molecule has 15 heavy (non-hydrogen) atoms. The Morgan fingerprint density at radius 1 is 1.40 bits per heavy atom. The van der Waals surface area contributed by atoms with Crippen molar-refractivity contribution < 1.29 is 23.4 Å². The molecule has 0 aliphatic carbocycles. The SMILES string of the molecule is O=C([O-])CCCOc1ccc(F)cc1F. The van der Waals surface area contributed by atoms with Gasteiger partial charge in [-0.15, -0.1) is 0 Å². The Bertz CT molecular complexity index is 353. The second kappa shape index (κ2) is 5.29. The lowest BCUT2D eigenvalue weighted by molar-refractivity contribution is -0.305. The van der Waals surface area contributed by atoms with Gasteiger partial charge in [0.15, 0.2) is 11.6 Å². The first kappa shape index (κ1) is 11.4. The van der Waals surface area contributed by atoms with Gasteiger partial charge in [0.1, 0.15) is 5.82 Å². The second-order valence-electron chi connectivity index (χ2n) is 2.90. The third-order valence-corrected chi connectivity index (χ3v) is 1.68. The van der Waals surface area contributed by atoms with Crippen molar-refractivity contribution in [2.24, 2.45) is 0 Å². The van der Waals surface area contributed by atoms with E-state index in [2.05, 4.69) is 0 Å². The zero-order valence-corrected chi connectivity index (χ0v) is 7.83. The molecule has 0 fully saturated rings. The molecular formula is C10H9F2O3-. The maximum absolute atomic E-state index is 12.9. The van der Waals surface area contributed by atoms with Crippen molar-refractivity contribution >= 4 is 5.97 Å². The Hall–Kier alpha value is -1.65. The van der Waals surface area contributed by atoms with Crippen molar-refractivity contribution in [3.63, 3.8) is 0 Å². The fourth-order valence-corrected chi connectivity index (χ4v) is 0.991. The highest BCUT2D eigenvalue weighted by atomic mass is 19.1. The van der Waals surface area contributed by atoms with Crippen LogP contribution in [-0.2, 0) is 4.79 Å². The largest absolute Gasteiger partial charge is 0.550 e. The van der Waals surface area contributed by atoms with E-state index < -0.39 is 17.6 Å². The lowest BCUT2D eigenvalue weighted by atomic mass is 10.3. The Kier molecular flexibility index (Phi) is 4.03. The van der Waals surface area contributed by atoms with Crippen LogP contribution in [0.25, 0.3) is 0 Å². The first-order valence-electron chi connectivity index (χ1n) is 4.37. The molecule has 1 rings (SSSR count). The summed E-state index contributed by atoms with van der Waals surface area (Å²) in [6.45, 7) is 0.0521. The molecule has 0 spiro atoms. The van der Waals surface area contributed by atoms with E-state index in [1.807, 2.05) is 0 Å². The van der Waals surface area contributed by atoms with Crippen molar-refractivity contribution in [1.29, 1.82) is 0 Å². The molecule has 82 valence electrons. The molecule has 1 aromatic rings. The van der Waals surface area contributed by atoms with Crippen molar-refractivity contribution in [2.75, 3.05) is 6.61 Å². The smallest absolute Gasteiger partial charge is 0.167 e. The lowest BCUT2D eigenvalue weighted by Crippen LogP contribution is -2.22. The summed E-state index contributed by atoms with van der Waals surface area (Å²) >= 11 is 0. The topological polar surface area (TPSA) is 49.4 Å². The van der Waals surface area contributed by atoms with Gasteiger partial charge in [0.2, 0.25) is 0 Å². The molecule has 0 unspecified atom stereocenters. The molecule has 0 aromatic heterocycles. The van der Waals surface area contributed by atoms with Crippen molar-refractivity contribution in [1.82, 2.24) is 0 Å². The van der Waals surface area contributed by atoms with Crippen molar-refractivity contribution in [2.45, 2.75) is 12.8 Å². The number of ether oxygens (including phenoxy) is 1. The average Bonchev–Trinajstić information content (AvgIpc) is 2.14. The summed E-state index contributed by atoms with van der Waals surface area (Å²) in [6.07, 6.45) is 0.0714. The van der Waals surface area contributed by atoms with Gasteiger partial charge in [-0.3, -0.25) is 0 Å². The fourth-order valence-electron chi connectivity index (χ4n) is 0.991. The van der Waals surface area contributed by atoms with E-state index in [1.54, 1.807) is 0 Å². The number of halogens is 2. The summed E-state index contributed by atoms with van der Waals surface area (Å²) in [5.74, 6) is -2.76. The van der Waals surface area contributed by atoms with Crippen LogP contribution in [0.1, 0.15) is 12.8 Å². The highest BCUT2D eigenvalue weighted by Gasteiger charge is 2.03. The molecule has 3 nitrogen and oxygen atoms in total. The highest BCUT2D eigenvalue weighted by Crippen LogP contribution is 2.17. The maximum Gasteiger partial charge on any atom is 0.167 e. The summed E-state index contributed by atoms with van der Waals surface area (Å²) in [7, 11) is 0. The Balaban J connectivity index is 2.40. The number of benzene rings is 1. The fraction of sp³-hybridized carbons (Fsp3) is 0.300. The van der Waals surface area contributed by atoms with Crippen LogP contribution >= 0.6 is 0 Å². The third-order valence-electron chi connectivity index (χ3n) is 1.68. The molecule has 0 saturated heterocycles. The van der Waals surface area contributed by atoms with Gasteiger partial charge in [-0.1, -0.05) is 0 Å². The number of carbonyl (C=O) groups is 1. The van der Waals surface area contributed by atoms with Crippen LogP contribution in [0.2, 0.25) is 0 Å². The van der Waals surface area contributed by atoms with Crippen LogP contribution in [0.4, 0.5) is 8.78 Å². The monoisotopic (exact) mass is 215 g/mol. The number of carboxylic acids is 1. The van der Waals surface area contributed by atoms with E-state index in [9.17, 15) is 18.7 Å². The first-order chi connectivity index (χ1) is 7.09.